The lowest BCUT2D eigenvalue weighted by Gasteiger charge is -2.20. The topological polar surface area (TPSA) is 191 Å². The van der Waals surface area contributed by atoms with E-state index < -0.39 is 0 Å². The van der Waals surface area contributed by atoms with Gasteiger partial charge in [-0.2, -0.15) is 15.8 Å². The minimum absolute atomic E-state index is 0.0773. The number of aryl methyl sites for hydroxylation is 2. The number of rotatable bonds is 13. The van der Waals surface area contributed by atoms with Crippen molar-refractivity contribution in [2.24, 2.45) is 0 Å². The third-order valence-electron chi connectivity index (χ3n) is 9.80. The molecule has 0 spiro atoms. The molecular formula is C44H43N7O4. The van der Waals surface area contributed by atoms with E-state index >= 15 is 0 Å². The molecule has 278 valence electrons. The maximum Gasteiger partial charge on any atom is 0.146 e. The molecular weight excluding hydrogens is 691 g/mol. The van der Waals surface area contributed by atoms with Crippen molar-refractivity contribution < 1.29 is 20.1 Å². The van der Waals surface area contributed by atoms with Crippen LogP contribution in [-0.4, -0.2) is 25.3 Å². The Kier molecular flexibility index (Phi) is 12.2. The van der Waals surface area contributed by atoms with Gasteiger partial charge in [0.1, 0.15) is 18.1 Å². The van der Waals surface area contributed by atoms with Gasteiger partial charge >= 0.3 is 0 Å². The maximum atomic E-state index is 10.3. The maximum absolute atomic E-state index is 10.3. The zero-order valence-corrected chi connectivity index (χ0v) is 30.9. The number of anilines is 2. The highest BCUT2D eigenvalue weighted by Gasteiger charge is 2.32. The van der Waals surface area contributed by atoms with E-state index in [2.05, 4.69) is 33.8 Å². The molecule has 0 saturated heterocycles. The molecule has 11 nitrogen and oxygen atoms in total. The van der Waals surface area contributed by atoms with E-state index in [1.54, 1.807) is 43.3 Å². The fourth-order valence-corrected chi connectivity index (χ4v) is 6.53. The number of nitriles is 3. The van der Waals surface area contributed by atoms with Gasteiger partial charge in [0, 0.05) is 69.9 Å². The molecule has 2 aliphatic carbocycles. The Balaban J connectivity index is 0.000000197. The third kappa shape index (κ3) is 9.38. The van der Waals surface area contributed by atoms with Crippen LogP contribution >= 0.6 is 0 Å². The molecule has 55 heavy (non-hydrogen) atoms. The normalized spacial score (nSPS) is 13.0. The summed E-state index contributed by atoms with van der Waals surface area (Å²) in [6.07, 6.45) is 4.41. The largest absolute Gasteiger partial charge is 0.506 e. The Morgan fingerprint density at radius 3 is 1.62 bits per heavy atom. The lowest BCUT2D eigenvalue weighted by Crippen LogP contribution is -2.13. The highest BCUT2D eigenvalue weighted by atomic mass is 16.5. The van der Waals surface area contributed by atoms with Gasteiger partial charge in [-0.15, -0.1) is 0 Å². The minimum Gasteiger partial charge on any atom is -0.506 e. The molecule has 2 saturated carbocycles. The molecule has 0 radical (unpaired) electrons. The number of ether oxygens (including phenoxy) is 1. The molecule has 5 aromatic rings. The number of hydrogen-bond donors (Lipinski definition) is 5. The first-order valence-corrected chi connectivity index (χ1v) is 18.3. The number of aromatic nitrogens is 2. The summed E-state index contributed by atoms with van der Waals surface area (Å²) in [6, 6.07) is 28.1. The molecule has 2 aliphatic rings. The number of aliphatic hydroxyl groups excluding tert-OH is 2. The summed E-state index contributed by atoms with van der Waals surface area (Å²) in [5.74, 6) is 1.51. The van der Waals surface area contributed by atoms with Crippen LogP contribution in [0.3, 0.4) is 0 Å². The van der Waals surface area contributed by atoms with Crippen molar-refractivity contribution in [1.82, 2.24) is 9.97 Å². The van der Waals surface area contributed by atoms with Crippen LogP contribution in [0.5, 0.6) is 11.5 Å². The van der Waals surface area contributed by atoms with Gasteiger partial charge in [-0.1, -0.05) is 12.1 Å². The van der Waals surface area contributed by atoms with Crippen molar-refractivity contribution in [2.75, 3.05) is 10.6 Å². The molecule has 11 heteroatoms. The van der Waals surface area contributed by atoms with Crippen LogP contribution in [0, 0.1) is 47.8 Å². The molecule has 0 unspecified atom stereocenters. The number of benzene rings is 3. The van der Waals surface area contributed by atoms with E-state index in [4.69, 9.17) is 25.5 Å². The lowest BCUT2D eigenvalue weighted by molar-refractivity contribution is 0.255. The van der Waals surface area contributed by atoms with Crippen LogP contribution in [0.1, 0.15) is 105 Å². The summed E-state index contributed by atoms with van der Waals surface area (Å²) < 4.78 is 6.13. The Morgan fingerprint density at radius 2 is 1.15 bits per heavy atom. The van der Waals surface area contributed by atoms with E-state index in [1.807, 2.05) is 43.3 Å². The summed E-state index contributed by atoms with van der Waals surface area (Å²) >= 11 is 0. The van der Waals surface area contributed by atoms with Gasteiger partial charge in [-0.3, -0.25) is 9.97 Å². The number of aliphatic hydroxyl groups is 2. The molecule has 5 N–H and O–H groups in total. The third-order valence-corrected chi connectivity index (χ3v) is 9.80. The van der Waals surface area contributed by atoms with Gasteiger partial charge in [0.25, 0.3) is 0 Å². The van der Waals surface area contributed by atoms with E-state index in [0.29, 0.717) is 58.6 Å². The fraction of sp³-hybridized carbons (Fsp3) is 0.295. The summed E-state index contributed by atoms with van der Waals surface area (Å²) in [5.41, 5.74) is 10.9. The van der Waals surface area contributed by atoms with Gasteiger partial charge in [-0.25, -0.2) is 0 Å². The summed E-state index contributed by atoms with van der Waals surface area (Å²) in [4.78, 5) is 9.40. The van der Waals surface area contributed by atoms with Crippen molar-refractivity contribution >= 4 is 11.4 Å². The first-order chi connectivity index (χ1) is 26.8. The van der Waals surface area contributed by atoms with Crippen molar-refractivity contribution in [3.05, 3.63) is 140 Å². The van der Waals surface area contributed by atoms with Crippen molar-refractivity contribution in [2.45, 2.75) is 84.3 Å². The predicted molar refractivity (Wildman–Crippen MR) is 208 cm³/mol. The predicted octanol–water partition coefficient (Wildman–Crippen LogP) is 7.64. The molecule has 7 rings (SSSR count). The Hall–Kier alpha value is -6.45. The molecule has 2 fully saturated rings. The Labute approximate surface area is 321 Å². The van der Waals surface area contributed by atoms with Crippen LogP contribution in [0.25, 0.3) is 0 Å². The first-order valence-electron chi connectivity index (χ1n) is 18.3. The Morgan fingerprint density at radius 1 is 0.655 bits per heavy atom. The molecule has 0 atom stereocenters. The zero-order chi connectivity index (χ0) is 38.9. The van der Waals surface area contributed by atoms with E-state index in [9.17, 15) is 15.3 Å². The number of pyridine rings is 2. The van der Waals surface area contributed by atoms with Crippen LogP contribution in [0.15, 0.2) is 72.8 Å². The molecule has 2 heterocycles. The SMILES string of the molecule is Cc1nc(C2CC2)c(CNc2ccc(C#N)cc2)c(CO)c1O.Cc1nc(C2CC2)c(CNc2ccc(C#N)cc2)c(CO)c1OCc1cccc(C#N)c1. The lowest BCUT2D eigenvalue weighted by atomic mass is 10.0. The standard InChI is InChI=1S/C26H24N4O2.C18H19N3O2/c1-17-26(32-16-20-4-2-3-19(11-20)13-28)24(15-31)23(25(30-17)21-7-8-21)14-29-22-9-5-18(12-27)6-10-22;1-11-18(23)16(10-22)15(17(21-11)13-4-5-13)9-20-14-6-2-12(8-19)3-7-14/h2-6,9-11,21,29,31H,7-8,14-16H2,1H3;2-3,6-7,13,20,22-23H,4-5,9-10H2,1H3. The van der Waals surface area contributed by atoms with Gasteiger partial charge in [0.05, 0.1) is 59.5 Å². The highest BCUT2D eigenvalue weighted by molar-refractivity contribution is 5.53. The van der Waals surface area contributed by atoms with Crippen LogP contribution in [-0.2, 0) is 32.9 Å². The summed E-state index contributed by atoms with van der Waals surface area (Å²) in [6.45, 7) is 4.58. The van der Waals surface area contributed by atoms with Crippen molar-refractivity contribution in [3.63, 3.8) is 0 Å². The number of hydrogen-bond acceptors (Lipinski definition) is 11. The molecule has 0 aliphatic heterocycles. The van der Waals surface area contributed by atoms with Gasteiger partial charge < -0.3 is 30.7 Å². The van der Waals surface area contributed by atoms with Gasteiger partial charge in [0.2, 0.25) is 0 Å². The minimum atomic E-state index is -0.209. The quantitative estimate of drug-likeness (QED) is 0.0799. The fourth-order valence-electron chi connectivity index (χ4n) is 6.53. The zero-order valence-electron chi connectivity index (χ0n) is 30.9. The smallest absolute Gasteiger partial charge is 0.146 e. The van der Waals surface area contributed by atoms with Crippen LogP contribution < -0.4 is 15.4 Å². The van der Waals surface area contributed by atoms with Crippen LogP contribution in [0.2, 0.25) is 0 Å². The number of aromatic hydroxyl groups is 1. The molecule has 0 amide bonds. The van der Waals surface area contributed by atoms with Crippen LogP contribution in [0.4, 0.5) is 11.4 Å². The van der Waals surface area contributed by atoms with E-state index in [0.717, 1.165) is 76.4 Å². The van der Waals surface area contributed by atoms with Crippen molar-refractivity contribution in [3.8, 4) is 29.7 Å². The summed E-state index contributed by atoms with van der Waals surface area (Å²) in [5, 5.41) is 63.8. The van der Waals surface area contributed by atoms with Gasteiger partial charge in [0.15, 0.2) is 0 Å². The van der Waals surface area contributed by atoms with Crippen molar-refractivity contribution in [1.29, 1.82) is 15.8 Å². The molecule has 2 aromatic heterocycles. The second-order valence-electron chi connectivity index (χ2n) is 13.8. The monoisotopic (exact) mass is 733 g/mol. The van der Waals surface area contributed by atoms with E-state index in [1.165, 1.54) is 0 Å². The second kappa shape index (κ2) is 17.6. The highest BCUT2D eigenvalue weighted by Crippen LogP contribution is 2.44. The Bertz CT molecular complexity index is 2280. The molecule has 0 bridgehead atoms. The number of nitrogens with one attached hydrogen (secondary N) is 2. The summed E-state index contributed by atoms with van der Waals surface area (Å²) in [7, 11) is 0. The average Bonchev–Trinajstić information content (AvgIpc) is 4.16. The number of nitrogens with zero attached hydrogens (tertiary/aromatic N) is 5. The second-order valence-corrected chi connectivity index (χ2v) is 13.8. The van der Waals surface area contributed by atoms with Gasteiger partial charge in [-0.05, 0) is 106 Å². The average molecular weight is 734 g/mol. The molecule has 3 aromatic carbocycles. The van der Waals surface area contributed by atoms with E-state index in [-0.39, 0.29) is 25.6 Å². The first kappa shape index (κ1) is 38.3.